The Bertz CT molecular complexity index is 603. The minimum absolute atomic E-state index is 0.0814. The normalized spacial score (nSPS) is 10.0. The van der Waals surface area contributed by atoms with E-state index in [9.17, 15) is 4.39 Å². The Morgan fingerprint density at radius 1 is 1.53 bits per heavy atom. The van der Waals surface area contributed by atoms with Crippen LogP contribution in [0.2, 0.25) is 5.15 Å². The molecule has 0 aliphatic rings. The van der Waals surface area contributed by atoms with Gasteiger partial charge >= 0.3 is 0 Å². The molecule has 86 valence electrons. The maximum atomic E-state index is 13.5. The highest BCUT2D eigenvalue weighted by atomic mass is 35.5. The van der Waals surface area contributed by atoms with Crippen LogP contribution in [0, 0.1) is 17.1 Å². The molecule has 1 N–H and O–H groups in total. The lowest BCUT2D eigenvalue weighted by atomic mass is 10.2. The lowest BCUT2D eigenvalue weighted by Gasteiger charge is -2.02. The monoisotopic (exact) mass is 251 g/mol. The number of nitriles is 1. The molecule has 4 nitrogen and oxygen atoms in total. The van der Waals surface area contributed by atoms with Crippen molar-refractivity contribution in [1.29, 1.82) is 5.26 Å². The van der Waals surface area contributed by atoms with Crippen LogP contribution in [0.3, 0.4) is 0 Å². The molecule has 2 aromatic rings. The van der Waals surface area contributed by atoms with Crippen LogP contribution in [0.4, 0.5) is 4.39 Å². The van der Waals surface area contributed by atoms with E-state index < -0.39 is 5.82 Å². The summed E-state index contributed by atoms with van der Waals surface area (Å²) in [5.41, 5.74) is 0.574. The number of hydrogen-bond acceptors (Lipinski definition) is 3. The summed E-state index contributed by atoms with van der Waals surface area (Å²) in [6.07, 6.45) is 0. The van der Waals surface area contributed by atoms with Gasteiger partial charge in [-0.15, -0.1) is 0 Å². The van der Waals surface area contributed by atoms with Crippen molar-refractivity contribution >= 4 is 11.6 Å². The smallest absolute Gasteiger partial charge is 0.178 e. The summed E-state index contributed by atoms with van der Waals surface area (Å²) in [4.78, 5) is 6.64. The molecule has 0 spiro atoms. The zero-order valence-electron chi connectivity index (χ0n) is 8.79. The van der Waals surface area contributed by atoms with Crippen LogP contribution in [-0.2, 0) is 0 Å². The number of benzene rings is 1. The van der Waals surface area contributed by atoms with Crippen LogP contribution < -0.4 is 4.74 Å². The predicted octanol–water partition coefficient (Wildman–Crippen LogP) is 2.75. The lowest BCUT2D eigenvalue weighted by Crippen LogP contribution is -1.89. The molecule has 1 aromatic carbocycles. The van der Waals surface area contributed by atoms with Gasteiger partial charge in [0, 0.05) is 5.56 Å². The largest absolute Gasteiger partial charge is 0.494 e. The lowest BCUT2D eigenvalue weighted by molar-refractivity contribution is 0.386. The Labute approximate surface area is 102 Å². The van der Waals surface area contributed by atoms with Gasteiger partial charge in [0.15, 0.2) is 17.3 Å². The number of methoxy groups -OCH3 is 1. The summed E-state index contributed by atoms with van der Waals surface area (Å²) in [5, 5.41) is 8.84. The highest BCUT2D eigenvalue weighted by molar-refractivity contribution is 6.30. The zero-order valence-corrected chi connectivity index (χ0v) is 9.55. The molecule has 0 radical (unpaired) electrons. The second-order valence-corrected chi connectivity index (χ2v) is 3.59. The summed E-state index contributed by atoms with van der Waals surface area (Å²) >= 11 is 5.73. The number of halogens is 2. The molecule has 1 aromatic heterocycles. The van der Waals surface area contributed by atoms with E-state index in [1.807, 2.05) is 6.07 Å². The van der Waals surface area contributed by atoms with Gasteiger partial charge in [-0.05, 0) is 18.2 Å². The van der Waals surface area contributed by atoms with E-state index in [0.717, 1.165) is 0 Å². The van der Waals surface area contributed by atoms with Crippen LogP contribution in [0.15, 0.2) is 18.2 Å². The molecular formula is C11H7ClFN3O. The Hall–Kier alpha value is -2.06. The van der Waals surface area contributed by atoms with Crippen molar-refractivity contribution < 1.29 is 9.13 Å². The predicted molar refractivity (Wildman–Crippen MR) is 60.3 cm³/mol. The van der Waals surface area contributed by atoms with E-state index in [4.69, 9.17) is 21.6 Å². The first kappa shape index (κ1) is 11.4. The molecular weight excluding hydrogens is 245 g/mol. The third-order valence-corrected chi connectivity index (χ3v) is 2.46. The number of hydrogen-bond donors (Lipinski definition) is 1. The van der Waals surface area contributed by atoms with Crippen LogP contribution in [0.1, 0.15) is 5.69 Å². The molecule has 0 amide bonds. The van der Waals surface area contributed by atoms with E-state index in [1.54, 1.807) is 6.07 Å². The van der Waals surface area contributed by atoms with Crippen molar-refractivity contribution in [3.05, 3.63) is 34.9 Å². The van der Waals surface area contributed by atoms with Crippen molar-refractivity contribution in [2.75, 3.05) is 7.11 Å². The molecule has 0 atom stereocenters. The Balaban J connectivity index is 2.47. The topological polar surface area (TPSA) is 61.7 Å². The maximum Gasteiger partial charge on any atom is 0.178 e. The minimum Gasteiger partial charge on any atom is -0.494 e. The van der Waals surface area contributed by atoms with Gasteiger partial charge in [-0.2, -0.15) is 5.26 Å². The third-order valence-electron chi connectivity index (χ3n) is 2.19. The average Bonchev–Trinajstić information content (AvgIpc) is 2.70. The summed E-state index contributed by atoms with van der Waals surface area (Å²) < 4.78 is 18.3. The fourth-order valence-corrected chi connectivity index (χ4v) is 1.55. The van der Waals surface area contributed by atoms with E-state index in [2.05, 4.69) is 9.97 Å². The second kappa shape index (κ2) is 4.44. The molecule has 2 rings (SSSR count). The van der Waals surface area contributed by atoms with Gasteiger partial charge in [-0.3, -0.25) is 0 Å². The first-order chi connectivity index (χ1) is 8.15. The number of rotatable bonds is 2. The van der Waals surface area contributed by atoms with Gasteiger partial charge in [-0.1, -0.05) is 11.6 Å². The minimum atomic E-state index is -0.504. The first-order valence-corrected chi connectivity index (χ1v) is 5.03. The van der Waals surface area contributed by atoms with Gasteiger partial charge in [0.2, 0.25) is 0 Å². The van der Waals surface area contributed by atoms with Crippen LogP contribution in [0.5, 0.6) is 5.75 Å². The number of nitrogens with one attached hydrogen (secondary N) is 1. The molecule has 0 unspecified atom stereocenters. The summed E-state index contributed by atoms with van der Waals surface area (Å²) in [6.45, 7) is 0. The van der Waals surface area contributed by atoms with Crippen molar-refractivity contribution in [2.24, 2.45) is 0 Å². The highest BCUT2D eigenvalue weighted by Crippen LogP contribution is 2.25. The molecule has 0 aliphatic carbocycles. The average molecular weight is 252 g/mol. The zero-order chi connectivity index (χ0) is 12.4. The molecule has 0 fully saturated rings. The van der Waals surface area contributed by atoms with Gasteiger partial charge in [0.1, 0.15) is 17.0 Å². The molecule has 0 aliphatic heterocycles. The number of imidazole rings is 1. The molecule has 6 heteroatoms. The summed E-state index contributed by atoms with van der Waals surface area (Å²) in [7, 11) is 1.38. The van der Waals surface area contributed by atoms with Crippen molar-refractivity contribution in [2.45, 2.75) is 0 Å². The van der Waals surface area contributed by atoms with Gasteiger partial charge in [0.25, 0.3) is 0 Å². The SMILES string of the molecule is COc1ccc(-c2nc(C#N)c(Cl)[nH]2)cc1F. The standard InChI is InChI=1S/C11H7ClFN3O/c1-17-9-3-2-6(4-7(9)13)11-15-8(5-14)10(12)16-11/h2-4H,1H3,(H,15,16). The van der Waals surface area contributed by atoms with Crippen LogP contribution >= 0.6 is 11.6 Å². The van der Waals surface area contributed by atoms with Gasteiger partial charge < -0.3 is 9.72 Å². The van der Waals surface area contributed by atoms with E-state index in [-0.39, 0.29) is 16.6 Å². The second-order valence-electron chi connectivity index (χ2n) is 3.21. The van der Waals surface area contributed by atoms with Crippen LogP contribution in [0.25, 0.3) is 11.4 Å². The first-order valence-electron chi connectivity index (χ1n) is 4.65. The van der Waals surface area contributed by atoms with E-state index in [1.165, 1.54) is 19.2 Å². The van der Waals surface area contributed by atoms with E-state index in [0.29, 0.717) is 11.4 Å². The fraction of sp³-hybridized carbons (Fsp3) is 0.0909. The highest BCUT2D eigenvalue weighted by Gasteiger charge is 2.11. The number of aromatic nitrogens is 2. The summed E-state index contributed by atoms with van der Waals surface area (Å²) in [6, 6.07) is 6.19. The van der Waals surface area contributed by atoms with E-state index >= 15 is 0 Å². The number of aromatic amines is 1. The van der Waals surface area contributed by atoms with Crippen molar-refractivity contribution in [3.63, 3.8) is 0 Å². The molecule has 17 heavy (non-hydrogen) atoms. The molecule has 1 heterocycles. The Morgan fingerprint density at radius 3 is 2.82 bits per heavy atom. The quantitative estimate of drug-likeness (QED) is 0.893. The fourth-order valence-electron chi connectivity index (χ4n) is 1.38. The van der Waals surface area contributed by atoms with Crippen molar-refractivity contribution in [1.82, 2.24) is 9.97 Å². The maximum absolute atomic E-state index is 13.5. The third kappa shape index (κ3) is 2.08. The molecule has 0 saturated heterocycles. The molecule has 0 bridgehead atoms. The summed E-state index contributed by atoms with van der Waals surface area (Å²) in [5.74, 6) is -0.0176. The van der Waals surface area contributed by atoms with Gasteiger partial charge in [0.05, 0.1) is 7.11 Å². The van der Waals surface area contributed by atoms with Crippen LogP contribution in [-0.4, -0.2) is 17.1 Å². The van der Waals surface area contributed by atoms with Gasteiger partial charge in [-0.25, -0.2) is 9.37 Å². The molecule has 0 saturated carbocycles. The Morgan fingerprint density at radius 2 is 2.29 bits per heavy atom. The number of ether oxygens (including phenoxy) is 1. The Kier molecular flexibility index (Phi) is 2.98. The van der Waals surface area contributed by atoms with Crippen molar-refractivity contribution in [3.8, 4) is 23.2 Å². The number of H-pyrrole nitrogens is 1. The number of nitrogens with zero attached hydrogens (tertiary/aromatic N) is 2.